The van der Waals surface area contributed by atoms with E-state index >= 15 is 0 Å². The highest BCUT2D eigenvalue weighted by atomic mass is 16.6. The van der Waals surface area contributed by atoms with Crippen molar-refractivity contribution in [2.45, 2.75) is 64.1 Å². The number of carbonyl (C=O) groups excluding carboxylic acids is 1. The van der Waals surface area contributed by atoms with Gasteiger partial charge in [-0.1, -0.05) is 0 Å². The van der Waals surface area contributed by atoms with E-state index < -0.39 is 23.7 Å². The Hall–Kier alpha value is -1.26. The van der Waals surface area contributed by atoms with Gasteiger partial charge in [0.25, 0.3) is 0 Å². The van der Waals surface area contributed by atoms with Crippen molar-refractivity contribution < 1.29 is 19.4 Å². The zero-order valence-corrected chi connectivity index (χ0v) is 11.2. The van der Waals surface area contributed by atoms with E-state index in [0.29, 0.717) is 0 Å². The minimum atomic E-state index is -0.907. The van der Waals surface area contributed by atoms with Gasteiger partial charge in [0.2, 0.25) is 0 Å². The van der Waals surface area contributed by atoms with E-state index in [4.69, 9.17) is 4.74 Å². The van der Waals surface area contributed by atoms with Crippen molar-refractivity contribution in [1.29, 1.82) is 0 Å². The first kappa shape index (κ1) is 13.2. The molecule has 3 aliphatic rings. The molecule has 1 atom stereocenters. The summed E-state index contributed by atoms with van der Waals surface area (Å²) in [7, 11) is 0. The Kier molecular flexibility index (Phi) is 3.25. The lowest BCUT2D eigenvalue weighted by Crippen LogP contribution is -2.61. The molecular formula is C13H21NO4. The van der Waals surface area contributed by atoms with Gasteiger partial charge in [0, 0.05) is 6.04 Å². The number of carbonyl (C=O) groups is 2. The van der Waals surface area contributed by atoms with Crippen molar-refractivity contribution in [3.8, 4) is 0 Å². The molecule has 0 unspecified atom stereocenters. The van der Waals surface area contributed by atoms with Crippen molar-refractivity contribution in [3.63, 3.8) is 0 Å². The molecule has 3 rings (SSSR count). The highest BCUT2D eigenvalue weighted by Crippen LogP contribution is 2.40. The molecule has 2 aliphatic heterocycles. The van der Waals surface area contributed by atoms with Crippen LogP contribution in [-0.2, 0) is 9.53 Å². The van der Waals surface area contributed by atoms with Crippen LogP contribution in [0.2, 0.25) is 0 Å². The van der Waals surface area contributed by atoms with E-state index in [1.807, 2.05) is 0 Å². The van der Waals surface area contributed by atoms with Crippen LogP contribution in [0.3, 0.4) is 0 Å². The minimum Gasteiger partial charge on any atom is -0.480 e. The molecule has 5 heteroatoms. The molecule has 2 bridgehead atoms. The molecule has 1 amide bonds. The summed E-state index contributed by atoms with van der Waals surface area (Å²) < 4.78 is 5.33. The van der Waals surface area contributed by atoms with Crippen LogP contribution in [0.25, 0.3) is 0 Å². The molecule has 0 aromatic rings. The summed E-state index contributed by atoms with van der Waals surface area (Å²) in [6, 6.07) is -0.668. The Morgan fingerprint density at radius 3 is 2.17 bits per heavy atom. The summed E-state index contributed by atoms with van der Waals surface area (Å²) in [6.07, 6.45) is 3.12. The molecule has 18 heavy (non-hydrogen) atoms. The Morgan fingerprint density at radius 1 is 1.17 bits per heavy atom. The van der Waals surface area contributed by atoms with Crippen LogP contribution in [0, 0.1) is 5.92 Å². The molecule has 0 radical (unpaired) electrons. The number of aliphatic carboxylic acids is 1. The van der Waals surface area contributed by atoms with Crippen molar-refractivity contribution in [3.05, 3.63) is 0 Å². The smallest absolute Gasteiger partial charge is 0.411 e. The lowest BCUT2D eigenvalue weighted by Gasteiger charge is -2.49. The Balaban J connectivity index is 2.18. The van der Waals surface area contributed by atoms with Crippen LogP contribution in [0.5, 0.6) is 0 Å². The fraction of sp³-hybridized carbons (Fsp3) is 0.846. The van der Waals surface area contributed by atoms with Crippen LogP contribution in [0.1, 0.15) is 46.5 Å². The molecule has 1 N–H and O–H groups in total. The van der Waals surface area contributed by atoms with E-state index in [1.165, 1.54) is 4.90 Å². The number of rotatable bonds is 1. The molecule has 102 valence electrons. The quantitative estimate of drug-likeness (QED) is 0.780. The Bertz CT molecular complexity index is 352. The molecular weight excluding hydrogens is 234 g/mol. The average molecular weight is 255 g/mol. The second kappa shape index (κ2) is 4.44. The molecule has 1 saturated carbocycles. The van der Waals surface area contributed by atoms with Crippen molar-refractivity contribution in [1.82, 2.24) is 4.90 Å². The van der Waals surface area contributed by atoms with Gasteiger partial charge in [-0.15, -0.1) is 0 Å². The summed E-state index contributed by atoms with van der Waals surface area (Å²) in [6.45, 7) is 5.38. The second-order valence-electron chi connectivity index (χ2n) is 6.24. The Labute approximate surface area is 107 Å². The maximum atomic E-state index is 12.2. The summed E-state index contributed by atoms with van der Waals surface area (Å²) in [5.41, 5.74) is -0.586. The number of carboxylic acids is 1. The van der Waals surface area contributed by atoms with E-state index in [9.17, 15) is 14.7 Å². The molecule has 0 aromatic carbocycles. The van der Waals surface area contributed by atoms with E-state index in [-0.39, 0.29) is 12.0 Å². The maximum Gasteiger partial charge on any atom is 0.411 e. The maximum absolute atomic E-state index is 12.2. The largest absolute Gasteiger partial charge is 0.480 e. The number of nitrogens with zero attached hydrogens (tertiary/aromatic N) is 1. The van der Waals surface area contributed by atoms with Crippen molar-refractivity contribution in [2.75, 3.05) is 0 Å². The van der Waals surface area contributed by atoms with Gasteiger partial charge < -0.3 is 9.84 Å². The first-order valence-corrected chi connectivity index (χ1v) is 6.54. The molecule has 3 fully saturated rings. The highest BCUT2D eigenvalue weighted by molar-refractivity contribution is 5.81. The van der Waals surface area contributed by atoms with Gasteiger partial charge >= 0.3 is 12.1 Å². The van der Waals surface area contributed by atoms with E-state index in [1.54, 1.807) is 20.8 Å². The predicted octanol–water partition coefficient (Wildman–Crippen LogP) is 2.25. The van der Waals surface area contributed by atoms with Crippen LogP contribution >= 0.6 is 0 Å². The SMILES string of the molecule is CC(C)(C)OC(=O)N1C2CCC(CC2)[C@H]1C(=O)O. The summed E-state index contributed by atoms with van der Waals surface area (Å²) in [5, 5.41) is 9.33. The first-order valence-electron chi connectivity index (χ1n) is 6.54. The zero-order valence-electron chi connectivity index (χ0n) is 11.2. The third-order valence-electron chi connectivity index (χ3n) is 3.74. The van der Waals surface area contributed by atoms with Crippen LogP contribution < -0.4 is 0 Å². The normalized spacial score (nSPS) is 31.3. The molecule has 5 nitrogen and oxygen atoms in total. The van der Waals surface area contributed by atoms with Crippen LogP contribution in [0.4, 0.5) is 4.79 Å². The number of piperidine rings is 2. The van der Waals surface area contributed by atoms with Crippen molar-refractivity contribution >= 4 is 12.1 Å². The van der Waals surface area contributed by atoms with Gasteiger partial charge in [0.1, 0.15) is 11.6 Å². The van der Waals surface area contributed by atoms with E-state index in [2.05, 4.69) is 0 Å². The number of carboxylic acid groups (broad SMARTS) is 1. The third-order valence-corrected chi connectivity index (χ3v) is 3.74. The molecule has 0 aromatic heterocycles. The highest BCUT2D eigenvalue weighted by Gasteiger charge is 2.48. The van der Waals surface area contributed by atoms with Gasteiger partial charge in [-0.2, -0.15) is 0 Å². The third kappa shape index (κ3) is 2.44. The fourth-order valence-electron chi connectivity index (χ4n) is 3.05. The number of fused-ring (bicyclic) bond motifs is 3. The van der Waals surface area contributed by atoms with Crippen LogP contribution in [-0.4, -0.2) is 39.8 Å². The lowest BCUT2D eigenvalue weighted by molar-refractivity contribution is -0.152. The average Bonchev–Trinajstić information content (AvgIpc) is 2.26. The molecule has 2 saturated heterocycles. The number of hydrogen-bond acceptors (Lipinski definition) is 3. The second-order valence-corrected chi connectivity index (χ2v) is 6.24. The number of ether oxygens (including phenoxy) is 1. The molecule has 2 heterocycles. The minimum absolute atomic E-state index is 0.0333. The van der Waals surface area contributed by atoms with Gasteiger partial charge in [-0.05, 0) is 52.4 Å². The molecule has 1 aliphatic carbocycles. The monoisotopic (exact) mass is 255 g/mol. The topological polar surface area (TPSA) is 66.8 Å². The predicted molar refractivity (Wildman–Crippen MR) is 65.2 cm³/mol. The van der Waals surface area contributed by atoms with Gasteiger partial charge in [0.15, 0.2) is 0 Å². The van der Waals surface area contributed by atoms with Gasteiger partial charge in [-0.3, -0.25) is 4.90 Å². The van der Waals surface area contributed by atoms with Crippen LogP contribution in [0.15, 0.2) is 0 Å². The van der Waals surface area contributed by atoms with Gasteiger partial charge in [0.05, 0.1) is 0 Å². The fourth-order valence-corrected chi connectivity index (χ4v) is 3.05. The summed E-state index contributed by atoms with van der Waals surface area (Å²) in [5.74, 6) is -0.824. The zero-order chi connectivity index (χ0) is 13.5. The standard InChI is InChI=1S/C13H21NO4/c1-13(2,3)18-12(17)14-9-6-4-8(5-7-9)10(14)11(15)16/h8-10H,4-7H2,1-3H3,(H,15,16)/t8?,9?,10-/m0/s1. The van der Waals surface area contributed by atoms with E-state index in [0.717, 1.165) is 25.7 Å². The van der Waals surface area contributed by atoms with Crippen molar-refractivity contribution in [2.24, 2.45) is 5.92 Å². The van der Waals surface area contributed by atoms with Gasteiger partial charge in [-0.25, -0.2) is 9.59 Å². The molecule has 0 spiro atoms. The lowest BCUT2D eigenvalue weighted by atomic mass is 9.75. The summed E-state index contributed by atoms with van der Waals surface area (Å²) in [4.78, 5) is 25.0. The first-order chi connectivity index (χ1) is 8.29. The number of amides is 1. The Morgan fingerprint density at radius 2 is 1.72 bits per heavy atom. The number of hydrogen-bond donors (Lipinski definition) is 1. The summed E-state index contributed by atoms with van der Waals surface area (Å²) >= 11 is 0.